The van der Waals surface area contributed by atoms with E-state index in [9.17, 15) is 57.2 Å². The number of amides is 4. The van der Waals surface area contributed by atoms with Crippen LogP contribution in [-0.4, -0.2) is 244 Å². The highest BCUT2D eigenvalue weighted by Gasteiger charge is 2.38. The molecule has 28 nitrogen and oxygen atoms in total. The van der Waals surface area contributed by atoms with Gasteiger partial charge >= 0.3 is 0 Å². The summed E-state index contributed by atoms with van der Waals surface area (Å²) in [7, 11) is -5.20. The van der Waals surface area contributed by atoms with Crippen molar-refractivity contribution in [3.05, 3.63) is 238 Å². The predicted molar refractivity (Wildman–Crippen MR) is 565 cm³/mol. The summed E-state index contributed by atoms with van der Waals surface area (Å²) < 4.78 is 116. The molecule has 4 amide bonds. The molecule has 143 heavy (non-hydrogen) atoms. The van der Waals surface area contributed by atoms with Crippen molar-refractivity contribution in [3.8, 4) is 44.5 Å². The van der Waals surface area contributed by atoms with Gasteiger partial charge in [-0.15, -0.1) is 0 Å². The van der Waals surface area contributed by atoms with Crippen LogP contribution >= 0.6 is 11.6 Å². The number of aryl methyl sites for hydroxylation is 4. The molecule has 8 aromatic heterocycles. The van der Waals surface area contributed by atoms with Gasteiger partial charge in [-0.2, -0.15) is 0 Å². The molecule has 4 saturated heterocycles. The van der Waals surface area contributed by atoms with Crippen molar-refractivity contribution in [3.63, 3.8) is 0 Å². The van der Waals surface area contributed by atoms with Crippen LogP contribution < -0.4 is 21.3 Å². The third-order valence-corrected chi connectivity index (χ3v) is 36.7. The van der Waals surface area contributed by atoms with E-state index in [1.54, 1.807) is 118 Å². The summed E-state index contributed by atoms with van der Waals surface area (Å²) in [6.07, 6.45) is 14.9. The fourth-order valence-corrected chi connectivity index (χ4v) is 24.9. The van der Waals surface area contributed by atoms with Crippen molar-refractivity contribution in [2.24, 2.45) is 0 Å². The number of sulfone groups is 4. The molecule has 744 valence electrons. The maximum Gasteiger partial charge on any atom is 0.251 e. The topological polar surface area (TPSA) is 381 Å². The number of aromatic nitrogens is 8. The lowest BCUT2D eigenvalue weighted by Gasteiger charge is -2.29. The molecule has 5 fully saturated rings. The van der Waals surface area contributed by atoms with Crippen molar-refractivity contribution in [1.29, 1.82) is 0 Å². The summed E-state index contributed by atoms with van der Waals surface area (Å²) >= 11 is 6.30. The Hall–Kier alpha value is -12.7. The van der Waals surface area contributed by atoms with Crippen molar-refractivity contribution < 1.29 is 57.2 Å². The van der Waals surface area contributed by atoms with Crippen LogP contribution in [0.1, 0.15) is 149 Å². The Morgan fingerprint density at radius 1 is 0.350 bits per heavy atom. The monoisotopic (exact) mass is 2020 g/mol. The van der Waals surface area contributed by atoms with Crippen molar-refractivity contribution >= 4 is 162 Å². The molecular formula is C109H118ClFN16O12S4. The average Bonchev–Trinajstić information content (AvgIpc) is 1.61. The minimum absolute atomic E-state index is 0.0105. The largest absolute Gasteiger partial charge is 0.349 e. The normalized spacial score (nSPS) is 16.1. The van der Waals surface area contributed by atoms with Gasteiger partial charge < -0.3 is 60.8 Å². The van der Waals surface area contributed by atoms with Gasteiger partial charge in [0.15, 0.2) is 39.3 Å². The van der Waals surface area contributed by atoms with Gasteiger partial charge in [-0.3, -0.25) is 19.2 Å². The van der Waals surface area contributed by atoms with Gasteiger partial charge in [0.25, 0.3) is 23.6 Å². The van der Waals surface area contributed by atoms with Gasteiger partial charge in [-0.25, -0.2) is 58.0 Å². The van der Waals surface area contributed by atoms with Crippen molar-refractivity contribution in [2.45, 2.75) is 162 Å². The van der Waals surface area contributed by atoms with Crippen LogP contribution in [0.5, 0.6) is 0 Å². The molecule has 0 radical (unpaired) electrons. The van der Waals surface area contributed by atoms with E-state index >= 15 is 0 Å². The van der Waals surface area contributed by atoms with Crippen LogP contribution in [0.15, 0.2) is 202 Å². The fourth-order valence-electron chi connectivity index (χ4n) is 20.2. The number of halogens is 2. The summed E-state index contributed by atoms with van der Waals surface area (Å²) in [6, 6.07) is 46.7. The highest BCUT2D eigenvalue weighted by atomic mass is 35.5. The number of likely N-dealkylation sites (tertiary alicyclic amines) is 4. The van der Waals surface area contributed by atoms with Gasteiger partial charge in [0.1, 0.15) is 28.4 Å². The number of H-pyrrole nitrogens is 4. The van der Waals surface area contributed by atoms with Gasteiger partial charge in [-0.05, 0) is 348 Å². The Kier molecular flexibility index (Phi) is 28.9. The van der Waals surface area contributed by atoms with Crippen molar-refractivity contribution in [1.82, 2.24) is 80.7 Å². The quantitative estimate of drug-likeness (QED) is 0.0351. The molecule has 21 rings (SSSR count). The van der Waals surface area contributed by atoms with E-state index in [-0.39, 0.29) is 85.0 Å². The third kappa shape index (κ3) is 20.8. The number of piperidine rings is 4. The summed E-state index contributed by atoms with van der Waals surface area (Å²) in [4.78, 5) is 95.2. The predicted octanol–water partition coefficient (Wildman–Crippen LogP) is 18.2. The van der Waals surface area contributed by atoms with E-state index in [2.05, 4.69) is 109 Å². The number of nitrogens with zero attached hydrogens (tertiary/aromatic N) is 8. The lowest BCUT2D eigenvalue weighted by Crippen LogP contribution is -2.43. The molecule has 0 atom stereocenters. The Bertz CT molecular complexity index is 7980. The van der Waals surface area contributed by atoms with Gasteiger partial charge in [0, 0.05) is 108 Å². The summed E-state index contributed by atoms with van der Waals surface area (Å²) in [5.41, 5.74) is 17.2. The van der Waals surface area contributed by atoms with Crippen LogP contribution in [0, 0.1) is 33.5 Å². The molecule has 8 N–H and O–H groups in total. The first-order valence-corrected chi connectivity index (χ1v) is 55.7. The van der Waals surface area contributed by atoms with Crippen LogP contribution in [0.25, 0.3) is 132 Å². The Morgan fingerprint density at radius 2 is 0.622 bits per heavy atom. The van der Waals surface area contributed by atoms with Crippen LogP contribution in [0.4, 0.5) is 4.39 Å². The molecule has 1 aliphatic carbocycles. The highest BCUT2D eigenvalue weighted by molar-refractivity contribution is 7.92. The molecule has 5 aliphatic rings. The minimum atomic E-state index is -3.44. The van der Waals surface area contributed by atoms with Gasteiger partial charge in [0.2, 0.25) is 0 Å². The second-order valence-corrected chi connectivity index (χ2v) is 48.1. The molecule has 0 bridgehead atoms. The first kappa shape index (κ1) is 100. The van der Waals surface area contributed by atoms with Crippen LogP contribution in [0.3, 0.4) is 0 Å². The molecule has 0 spiro atoms. The molecule has 1 saturated carbocycles. The van der Waals surface area contributed by atoms with Crippen LogP contribution in [-0.2, 0) is 39.3 Å². The lowest BCUT2D eigenvalue weighted by atomic mass is 9.93. The van der Waals surface area contributed by atoms with E-state index in [1.807, 2.05) is 100 Å². The molecule has 8 aromatic carbocycles. The maximum atomic E-state index is 14.2. The number of aromatic amines is 4. The number of nitrogens with one attached hydrogen (secondary N) is 8. The molecule has 16 aromatic rings. The number of carbonyl (C=O) groups is 4. The minimum Gasteiger partial charge on any atom is -0.349 e. The van der Waals surface area contributed by atoms with Crippen LogP contribution in [0.2, 0.25) is 5.02 Å². The molecule has 12 heterocycles. The second kappa shape index (κ2) is 41.2. The first-order chi connectivity index (χ1) is 68.5. The van der Waals surface area contributed by atoms with E-state index in [4.69, 9.17) is 11.6 Å². The van der Waals surface area contributed by atoms with Gasteiger partial charge in [-0.1, -0.05) is 80.9 Å². The van der Waals surface area contributed by atoms with E-state index < -0.39 is 45.2 Å². The van der Waals surface area contributed by atoms with E-state index in [1.165, 1.54) is 6.07 Å². The number of pyridine rings is 4. The zero-order chi connectivity index (χ0) is 101. The summed E-state index contributed by atoms with van der Waals surface area (Å²) in [5.74, 6) is -0.974. The lowest BCUT2D eigenvalue weighted by molar-refractivity contribution is 0.0908. The number of fused-ring (bicyclic) bond motifs is 12. The molecular weight excluding hydrogens is 1910 g/mol. The zero-order valence-corrected chi connectivity index (χ0v) is 85.9. The standard InChI is InChI=1S/C28H30N4O3S.C27H29ClN4O3S.C27H29FN4O3S.C27H30N4O3S/c1-17-23(28(33)30-19-10-13-32(2)14-11-19)16-24(25-22-7-4-12-29-27(22)31-26(17)25)18-5-3-6-21(15-18)36(34,35)20-8-9-20;2*1-4-36(34,35)20-7-5-6-17(12-20)22-14-21(27(33)30-19-8-10-32(3)11-9-19)16(2)25-24(22)23-13-18(28)15-29-26(23)31-25;1-4-35(33,34)20-8-5-7-18(15-20)23-16-22(27(32)29-19-10-13-31(3)14-11-19)17(2)25-24(23)21-9-6-12-28-26(21)30-25/h3-7,12,15-16,19-20H,8-11,13-14H2,1-2H3,(H,29,31)(H,30,33);2*5-7,12-15,19H,4,8-11H2,1-3H3,(H,29,31)(H,30,33);5-9,12,15-16,19H,4,10-11,13-14H2,1-3H3,(H,28,30)(H,29,32). The van der Waals surface area contributed by atoms with E-state index in [0.717, 1.165) is 233 Å². The second-order valence-electron chi connectivity index (χ2n) is 38.6. The number of benzene rings is 8. The number of rotatable bonds is 20. The Labute approximate surface area is 836 Å². The highest BCUT2D eigenvalue weighted by Crippen LogP contribution is 2.46. The number of carbonyl (C=O) groups excluding carboxylic acids is 4. The Morgan fingerprint density at radius 3 is 0.923 bits per heavy atom. The van der Waals surface area contributed by atoms with Crippen molar-refractivity contribution in [2.75, 3.05) is 97.8 Å². The first-order valence-electron chi connectivity index (χ1n) is 48.8. The number of hydrogen-bond donors (Lipinski definition) is 8. The molecule has 4 aliphatic heterocycles. The summed E-state index contributed by atoms with van der Waals surface area (Å²) in [5, 5.41) is 19.8. The average molecular weight is 2030 g/mol. The molecule has 0 unspecified atom stereocenters. The smallest absolute Gasteiger partial charge is 0.251 e. The van der Waals surface area contributed by atoms with Gasteiger partial charge in [0.05, 0.1) is 75.4 Å². The SMILES string of the molecule is CCS(=O)(=O)c1cccc(-c2cc(C(=O)NC3CCN(C)CC3)c(C)c3[nH]c4ncc(Cl)cc4c23)c1.CCS(=O)(=O)c1cccc(-c2cc(C(=O)NC3CCN(C)CC3)c(C)c3[nH]c4ncc(F)cc4c23)c1.CCS(=O)(=O)c1cccc(-c2cc(C(=O)NC3CCN(C)CC3)c(C)c3[nH]c4ncccc4c23)c1.Cc1c(C(=O)NC2CCN(C)CC2)cc(-c2cccc(S(=O)(=O)C3CC3)c2)c2c1[nH]c1ncccc12. The maximum absolute atomic E-state index is 14.2. The number of hydrogen-bond acceptors (Lipinski definition) is 20. The summed E-state index contributed by atoms with van der Waals surface area (Å²) in [6.45, 7) is 20.1. The third-order valence-electron chi connectivity index (χ3n) is 29.0. The zero-order valence-electron chi connectivity index (χ0n) is 81.9. The molecule has 34 heteroatoms. The fraction of sp³-hybridized carbons (Fsp3) is 0.339. The van der Waals surface area contributed by atoms with E-state index in [0.29, 0.717) is 76.4 Å². The Balaban J connectivity index is 0.000000126.